The molecule has 0 bridgehead atoms. The van der Waals surface area contributed by atoms with E-state index in [4.69, 9.17) is 5.73 Å². The van der Waals surface area contributed by atoms with E-state index in [1.807, 2.05) is 29.8 Å². The molecular formula is C24H22FN5O. The third-order valence-electron chi connectivity index (χ3n) is 5.84. The molecule has 31 heavy (non-hydrogen) atoms. The quantitative estimate of drug-likeness (QED) is 0.488. The number of rotatable bonds is 6. The van der Waals surface area contributed by atoms with Gasteiger partial charge < -0.3 is 11.1 Å². The zero-order chi connectivity index (χ0) is 21.5. The van der Waals surface area contributed by atoms with Crippen LogP contribution >= 0.6 is 0 Å². The van der Waals surface area contributed by atoms with Crippen molar-refractivity contribution in [3.05, 3.63) is 83.1 Å². The molecule has 1 aliphatic rings. The van der Waals surface area contributed by atoms with Crippen LogP contribution in [-0.2, 0) is 6.54 Å². The maximum atomic E-state index is 13.1. The fraction of sp³-hybridized carbons (Fsp3) is 0.208. The van der Waals surface area contributed by atoms with Crippen LogP contribution < -0.4 is 11.1 Å². The molecule has 7 heteroatoms. The number of carbonyl (C=O) groups excluding carboxylic acids is 1. The first-order valence-electron chi connectivity index (χ1n) is 10.3. The highest BCUT2D eigenvalue weighted by Crippen LogP contribution is 2.46. The summed E-state index contributed by atoms with van der Waals surface area (Å²) >= 11 is 0. The summed E-state index contributed by atoms with van der Waals surface area (Å²) in [6.45, 7) is 2.48. The number of hydrogen-bond donors (Lipinski definition) is 2. The summed E-state index contributed by atoms with van der Waals surface area (Å²) in [6.07, 6.45) is 7.67. The molecule has 1 aliphatic carbocycles. The third-order valence-corrected chi connectivity index (χ3v) is 5.84. The van der Waals surface area contributed by atoms with E-state index in [1.54, 1.807) is 24.4 Å². The Balaban J connectivity index is 1.54. The van der Waals surface area contributed by atoms with Gasteiger partial charge in [0.05, 0.1) is 11.9 Å². The Morgan fingerprint density at radius 3 is 2.68 bits per heavy atom. The van der Waals surface area contributed by atoms with E-state index in [2.05, 4.69) is 15.3 Å². The number of anilines is 1. The number of halogens is 1. The molecule has 0 unspecified atom stereocenters. The predicted molar refractivity (Wildman–Crippen MR) is 117 cm³/mol. The van der Waals surface area contributed by atoms with Crippen molar-refractivity contribution in [3.8, 4) is 11.3 Å². The van der Waals surface area contributed by atoms with Crippen LogP contribution in [0.4, 0.5) is 10.2 Å². The molecule has 0 atom stereocenters. The number of amides is 1. The second-order valence-electron chi connectivity index (χ2n) is 7.93. The van der Waals surface area contributed by atoms with Gasteiger partial charge in [0.2, 0.25) is 5.91 Å². The van der Waals surface area contributed by atoms with Crippen molar-refractivity contribution >= 4 is 17.4 Å². The largest absolute Gasteiger partial charge is 0.366 e. The van der Waals surface area contributed by atoms with E-state index in [9.17, 15) is 9.18 Å². The van der Waals surface area contributed by atoms with Crippen molar-refractivity contribution < 1.29 is 9.18 Å². The summed E-state index contributed by atoms with van der Waals surface area (Å²) < 4.78 is 15.1. The van der Waals surface area contributed by atoms with Crippen LogP contribution in [-0.4, -0.2) is 20.3 Å². The molecule has 0 radical (unpaired) electrons. The Hall–Kier alpha value is -3.74. The van der Waals surface area contributed by atoms with Gasteiger partial charge in [-0.3, -0.25) is 9.20 Å². The highest BCUT2D eigenvalue weighted by molar-refractivity contribution is 5.95. The zero-order valence-electron chi connectivity index (χ0n) is 17.1. The van der Waals surface area contributed by atoms with Gasteiger partial charge in [0.25, 0.3) is 0 Å². The molecule has 5 rings (SSSR count). The summed E-state index contributed by atoms with van der Waals surface area (Å²) in [5.41, 5.74) is 11.9. The van der Waals surface area contributed by atoms with Crippen LogP contribution in [0.2, 0.25) is 0 Å². The molecule has 2 aromatic heterocycles. The van der Waals surface area contributed by atoms with Gasteiger partial charge in [-0.1, -0.05) is 18.2 Å². The molecule has 1 fully saturated rings. The van der Waals surface area contributed by atoms with E-state index in [1.165, 1.54) is 17.7 Å². The number of nitrogens with two attached hydrogens (primary N) is 1. The van der Waals surface area contributed by atoms with Gasteiger partial charge in [-0.15, -0.1) is 0 Å². The number of benzene rings is 2. The average Bonchev–Trinajstić information content (AvgIpc) is 3.50. The maximum absolute atomic E-state index is 13.1. The minimum atomic E-state index is -0.402. The molecule has 6 nitrogen and oxygen atoms in total. The normalized spacial score (nSPS) is 13.5. The number of primary amides is 1. The predicted octanol–water partition coefficient (Wildman–Crippen LogP) is 4.43. The first-order chi connectivity index (χ1) is 15.0. The van der Waals surface area contributed by atoms with Gasteiger partial charge in [0.15, 0.2) is 11.5 Å². The van der Waals surface area contributed by atoms with Crippen molar-refractivity contribution in [3.63, 3.8) is 0 Å². The molecule has 4 aromatic rings. The van der Waals surface area contributed by atoms with E-state index in [-0.39, 0.29) is 5.82 Å². The van der Waals surface area contributed by atoms with Gasteiger partial charge in [0, 0.05) is 30.1 Å². The summed E-state index contributed by atoms with van der Waals surface area (Å²) in [4.78, 5) is 20.9. The van der Waals surface area contributed by atoms with Crippen molar-refractivity contribution in [2.75, 3.05) is 5.32 Å². The first-order valence-corrected chi connectivity index (χ1v) is 10.3. The molecular weight excluding hydrogens is 393 g/mol. The van der Waals surface area contributed by atoms with E-state index in [0.717, 1.165) is 35.2 Å². The molecule has 2 aromatic carbocycles. The smallest absolute Gasteiger partial charge is 0.248 e. The number of hydrogen-bond acceptors (Lipinski definition) is 4. The summed E-state index contributed by atoms with van der Waals surface area (Å²) in [5, 5.41) is 3.30. The molecule has 1 saturated carbocycles. The fourth-order valence-electron chi connectivity index (χ4n) is 4.15. The van der Waals surface area contributed by atoms with Crippen LogP contribution in [0.5, 0.6) is 0 Å². The molecule has 0 aliphatic heterocycles. The average molecular weight is 415 g/mol. The monoisotopic (exact) mass is 415 g/mol. The lowest BCUT2D eigenvalue weighted by Crippen LogP contribution is -2.14. The second kappa shape index (κ2) is 7.50. The Bertz CT molecular complexity index is 1290. The van der Waals surface area contributed by atoms with E-state index < -0.39 is 5.91 Å². The maximum Gasteiger partial charge on any atom is 0.248 e. The van der Waals surface area contributed by atoms with Crippen molar-refractivity contribution in [1.29, 1.82) is 0 Å². The van der Waals surface area contributed by atoms with Gasteiger partial charge in [-0.2, -0.15) is 0 Å². The van der Waals surface area contributed by atoms with Crippen LogP contribution in [0.3, 0.4) is 0 Å². The number of fused-ring (bicyclic) bond motifs is 1. The Morgan fingerprint density at radius 2 is 1.97 bits per heavy atom. The zero-order valence-corrected chi connectivity index (χ0v) is 17.1. The van der Waals surface area contributed by atoms with Gasteiger partial charge in [-0.25, -0.2) is 14.4 Å². The van der Waals surface area contributed by atoms with E-state index >= 15 is 0 Å². The highest BCUT2D eigenvalue weighted by Gasteiger charge is 2.30. The first kappa shape index (κ1) is 19.2. The number of nitrogens with zero attached hydrogens (tertiary/aromatic N) is 3. The minimum Gasteiger partial charge on any atom is -0.366 e. The summed E-state index contributed by atoms with van der Waals surface area (Å²) in [6, 6.07) is 10.1. The Labute approximate surface area is 179 Å². The number of carbonyl (C=O) groups is 1. The third kappa shape index (κ3) is 3.52. The Morgan fingerprint density at radius 1 is 1.19 bits per heavy atom. The molecule has 1 amide bonds. The number of nitrogens with one attached hydrogen (secondary N) is 1. The van der Waals surface area contributed by atoms with Crippen LogP contribution in [0.1, 0.15) is 45.8 Å². The second-order valence-corrected chi connectivity index (χ2v) is 7.93. The topological polar surface area (TPSA) is 85.3 Å². The lowest BCUT2D eigenvalue weighted by molar-refractivity contribution is 0.0999. The van der Waals surface area contributed by atoms with Gasteiger partial charge in [-0.05, 0) is 60.6 Å². The molecule has 3 N–H and O–H groups in total. The van der Waals surface area contributed by atoms with Crippen molar-refractivity contribution in [2.45, 2.75) is 32.2 Å². The summed E-state index contributed by atoms with van der Waals surface area (Å²) in [5.74, 6) is 0.431. The molecule has 156 valence electrons. The van der Waals surface area contributed by atoms with Crippen LogP contribution in [0.25, 0.3) is 16.9 Å². The SMILES string of the molecule is Cc1c(C(N)=O)ccc(-c2cnc3c(NCc4ccc(F)cc4)nccn23)c1C1CC1. The number of aromatic nitrogens is 3. The minimum absolute atomic E-state index is 0.258. The molecule has 0 spiro atoms. The van der Waals surface area contributed by atoms with Crippen LogP contribution in [0.15, 0.2) is 55.0 Å². The highest BCUT2D eigenvalue weighted by atomic mass is 19.1. The lowest BCUT2D eigenvalue weighted by Gasteiger charge is -2.15. The standard InChI is InChI=1S/C24H22FN5O/c1-14-18(22(26)31)8-9-19(21(14)16-4-5-16)20-13-29-24-23(27-10-11-30(20)24)28-12-15-2-6-17(25)7-3-15/h2-3,6-11,13,16H,4-5,12H2,1H3,(H2,26,31)(H,27,28). The van der Waals surface area contributed by atoms with Crippen molar-refractivity contribution in [2.24, 2.45) is 5.73 Å². The lowest BCUT2D eigenvalue weighted by atomic mass is 9.92. The van der Waals surface area contributed by atoms with Crippen LogP contribution in [0, 0.1) is 12.7 Å². The molecule has 2 heterocycles. The van der Waals surface area contributed by atoms with E-state index in [0.29, 0.717) is 29.5 Å². The van der Waals surface area contributed by atoms with Gasteiger partial charge >= 0.3 is 0 Å². The van der Waals surface area contributed by atoms with Crippen molar-refractivity contribution in [1.82, 2.24) is 14.4 Å². The summed E-state index contributed by atoms with van der Waals surface area (Å²) in [7, 11) is 0. The van der Waals surface area contributed by atoms with Gasteiger partial charge in [0.1, 0.15) is 5.82 Å². The number of imidazole rings is 1. The molecule has 0 saturated heterocycles. The fourth-order valence-corrected chi connectivity index (χ4v) is 4.15. The Kier molecular flexibility index (Phi) is 4.66.